The number of hydrogen-bond donors (Lipinski definition) is 2. The van der Waals surface area contributed by atoms with Crippen molar-refractivity contribution >= 4 is 12.0 Å². The molecule has 0 aromatic heterocycles. The Hall–Kier alpha value is -1.26. The molecule has 0 rings (SSSR count). The van der Waals surface area contributed by atoms with E-state index in [9.17, 15) is 9.59 Å². The third-order valence-corrected chi connectivity index (χ3v) is 0.795. The number of carbonyl (C=O) groups is 2. The van der Waals surface area contributed by atoms with E-state index in [1.807, 2.05) is 13.8 Å². The number of nitrogens with two attached hydrogens (primary N) is 1. The van der Waals surface area contributed by atoms with Crippen molar-refractivity contribution in [1.29, 1.82) is 0 Å². The molecule has 0 aliphatic rings. The maximum absolute atomic E-state index is 10.7. The Morgan fingerprint density at radius 3 is 2.45 bits per heavy atom. The van der Waals surface area contributed by atoms with Crippen LogP contribution in [0.4, 0.5) is 4.79 Å². The van der Waals surface area contributed by atoms with Gasteiger partial charge >= 0.3 is 6.09 Å². The minimum absolute atomic E-state index is 0.0407. The molecule has 11 heavy (non-hydrogen) atoms. The summed E-state index contributed by atoms with van der Waals surface area (Å²) < 4.78 is 4.23. The van der Waals surface area contributed by atoms with Crippen LogP contribution in [0.15, 0.2) is 0 Å². The van der Waals surface area contributed by atoms with Crippen molar-refractivity contribution in [3.05, 3.63) is 0 Å². The smallest absolute Gasteiger partial charge is 0.405 e. The molecule has 0 saturated carbocycles. The Morgan fingerprint density at radius 2 is 2.09 bits per heavy atom. The van der Waals surface area contributed by atoms with Gasteiger partial charge in [-0.3, -0.25) is 4.79 Å². The first-order valence-electron chi connectivity index (χ1n) is 3.24. The zero-order valence-corrected chi connectivity index (χ0v) is 6.59. The topological polar surface area (TPSA) is 81.4 Å². The van der Waals surface area contributed by atoms with Crippen LogP contribution in [0.3, 0.4) is 0 Å². The van der Waals surface area contributed by atoms with Crippen LogP contribution >= 0.6 is 0 Å². The summed E-state index contributed by atoms with van der Waals surface area (Å²) in [4.78, 5) is 20.7. The van der Waals surface area contributed by atoms with E-state index in [4.69, 9.17) is 0 Å². The lowest BCUT2D eigenvalue weighted by Gasteiger charge is -2.06. The van der Waals surface area contributed by atoms with Gasteiger partial charge in [-0.1, -0.05) is 0 Å². The van der Waals surface area contributed by atoms with Crippen molar-refractivity contribution in [3.63, 3.8) is 0 Å². The molecule has 0 aromatic rings. The summed E-state index contributed by atoms with van der Waals surface area (Å²) in [5.41, 5.74) is 4.63. The lowest BCUT2D eigenvalue weighted by atomic mass is 10.4. The Bertz CT molecular complexity index is 156. The first kappa shape index (κ1) is 9.74. The molecule has 0 heterocycles. The van der Waals surface area contributed by atoms with E-state index in [1.165, 1.54) is 0 Å². The summed E-state index contributed by atoms with van der Waals surface area (Å²) in [6.45, 7) is 3.30. The fraction of sp³-hybridized carbons (Fsp3) is 0.667. The number of hydrogen-bond acceptors (Lipinski definition) is 3. The number of carbonyl (C=O) groups excluding carboxylic acids is 2. The standard InChI is InChI=1S/C6H12N2O3/c1-4(2)8-5(9)3-11-6(7)10/h4H,3H2,1-2H3,(H2,7,10)(H,8,9). The number of ether oxygens (including phenoxy) is 1. The molecule has 3 N–H and O–H groups in total. The predicted molar refractivity (Wildman–Crippen MR) is 38.8 cm³/mol. The molecule has 0 spiro atoms. The quantitative estimate of drug-likeness (QED) is 0.589. The highest BCUT2D eigenvalue weighted by atomic mass is 16.5. The molecular weight excluding hydrogens is 148 g/mol. The van der Waals surface area contributed by atoms with E-state index < -0.39 is 6.09 Å². The van der Waals surface area contributed by atoms with E-state index >= 15 is 0 Å². The van der Waals surface area contributed by atoms with Crippen molar-refractivity contribution in [2.24, 2.45) is 5.73 Å². The zero-order chi connectivity index (χ0) is 8.85. The minimum atomic E-state index is -0.941. The zero-order valence-electron chi connectivity index (χ0n) is 6.59. The molecule has 0 atom stereocenters. The van der Waals surface area contributed by atoms with Gasteiger partial charge in [0.25, 0.3) is 5.91 Å². The molecule has 0 aromatic carbocycles. The summed E-state index contributed by atoms with van der Waals surface area (Å²) in [5, 5.41) is 2.53. The van der Waals surface area contributed by atoms with Crippen LogP contribution in [0.2, 0.25) is 0 Å². The minimum Gasteiger partial charge on any atom is -0.440 e. The number of primary amides is 1. The molecule has 2 amide bonds. The van der Waals surface area contributed by atoms with Gasteiger partial charge in [0.15, 0.2) is 6.61 Å². The van der Waals surface area contributed by atoms with Crippen molar-refractivity contribution in [1.82, 2.24) is 5.32 Å². The Morgan fingerprint density at radius 1 is 1.55 bits per heavy atom. The molecule has 0 radical (unpaired) electrons. The molecule has 0 unspecified atom stereocenters. The maximum atomic E-state index is 10.7. The van der Waals surface area contributed by atoms with Gasteiger partial charge in [-0.2, -0.15) is 0 Å². The first-order chi connectivity index (χ1) is 5.02. The Balaban J connectivity index is 3.45. The van der Waals surface area contributed by atoms with Crippen LogP contribution in [0.5, 0.6) is 0 Å². The largest absolute Gasteiger partial charge is 0.440 e. The van der Waals surface area contributed by atoms with Crippen LogP contribution in [0, 0.1) is 0 Å². The molecule has 0 aliphatic heterocycles. The highest BCUT2D eigenvalue weighted by molar-refractivity contribution is 5.79. The second-order valence-electron chi connectivity index (χ2n) is 2.33. The third kappa shape index (κ3) is 6.63. The van der Waals surface area contributed by atoms with Gasteiger partial charge in [0.2, 0.25) is 0 Å². The van der Waals surface area contributed by atoms with Crippen LogP contribution in [-0.4, -0.2) is 24.6 Å². The summed E-state index contributed by atoms with van der Waals surface area (Å²) in [5.74, 6) is -0.348. The monoisotopic (exact) mass is 160 g/mol. The summed E-state index contributed by atoms with van der Waals surface area (Å²) in [6, 6.07) is 0.0407. The SMILES string of the molecule is CC(C)NC(=O)COC(N)=O. The maximum Gasteiger partial charge on any atom is 0.405 e. The fourth-order valence-corrected chi connectivity index (χ4v) is 0.500. The van der Waals surface area contributed by atoms with Gasteiger partial charge in [0.05, 0.1) is 0 Å². The second-order valence-corrected chi connectivity index (χ2v) is 2.33. The average Bonchev–Trinajstić information content (AvgIpc) is 1.82. The summed E-state index contributed by atoms with van der Waals surface area (Å²) in [7, 11) is 0. The average molecular weight is 160 g/mol. The number of amides is 2. The van der Waals surface area contributed by atoms with Crippen molar-refractivity contribution in [2.75, 3.05) is 6.61 Å². The molecule has 5 heteroatoms. The summed E-state index contributed by atoms with van der Waals surface area (Å²) in [6.07, 6.45) is -0.941. The van der Waals surface area contributed by atoms with Crippen LogP contribution in [0.25, 0.3) is 0 Å². The van der Waals surface area contributed by atoms with E-state index in [0.29, 0.717) is 0 Å². The molecular formula is C6H12N2O3. The normalized spacial score (nSPS) is 9.36. The van der Waals surface area contributed by atoms with Crippen LogP contribution in [-0.2, 0) is 9.53 Å². The molecule has 0 saturated heterocycles. The van der Waals surface area contributed by atoms with Gasteiger partial charge in [-0.05, 0) is 13.8 Å². The lowest BCUT2D eigenvalue weighted by Crippen LogP contribution is -2.34. The molecule has 0 bridgehead atoms. The third-order valence-electron chi connectivity index (χ3n) is 0.795. The molecule has 5 nitrogen and oxygen atoms in total. The van der Waals surface area contributed by atoms with Gasteiger partial charge in [0, 0.05) is 6.04 Å². The van der Waals surface area contributed by atoms with E-state index in [1.54, 1.807) is 0 Å². The van der Waals surface area contributed by atoms with Gasteiger partial charge in [-0.25, -0.2) is 4.79 Å². The van der Waals surface area contributed by atoms with Crippen molar-refractivity contribution in [3.8, 4) is 0 Å². The first-order valence-corrected chi connectivity index (χ1v) is 3.24. The van der Waals surface area contributed by atoms with E-state index in [-0.39, 0.29) is 18.6 Å². The molecule has 64 valence electrons. The summed E-state index contributed by atoms with van der Waals surface area (Å²) >= 11 is 0. The second kappa shape index (κ2) is 4.54. The fourth-order valence-electron chi connectivity index (χ4n) is 0.500. The van der Waals surface area contributed by atoms with Gasteiger partial charge in [0.1, 0.15) is 0 Å². The molecule has 0 aliphatic carbocycles. The highest BCUT2D eigenvalue weighted by Crippen LogP contribution is 1.78. The van der Waals surface area contributed by atoms with Crippen molar-refractivity contribution < 1.29 is 14.3 Å². The Kier molecular flexibility index (Phi) is 4.02. The van der Waals surface area contributed by atoms with E-state index in [0.717, 1.165) is 0 Å². The molecule has 0 fully saturated rings. The van der Waals surface area contributed by atoms with Crippen LogP contribution in [0.1, 0.15) is 13.8 Å². The Labute approximate surface area is 64.9 Å². The van der Waals surface area contributed by atoms with Gasteiger partial charge < -0.3 is 15.8 Å². The van der Waals surface area contributed by atoms with Crippen LogP contribution < -0.4 is 11.1 Å². The predicted octanol–water partition coefficient (Wildman–Crippen LogP) is -0.394. The van der Waals surface area contributed by atoms with Crippen molar-refractivity contribution in [2.45, 2.75) is 19.9 Å². The van der Waals surface area contributed by atoms with E-state index in [2.05, 4.69) is 15.8 Å². The van der Waals surface area contributed by atoms with Gasteiger partial charge in [-0.15, -0.1) is 0 Å². The number of nitrogens with one attached hydrogen (secondary N) is 1. The number of rotatable bonds is 3. The lowest BCUT2D eigenvalue weighted by molar-refractivity contribution is -0.124. The highest BCUT2D eigenvalue weighted by Gasteiger charge is 2.04.